The number of rotatable bonds is 4. The first-order valence-corrected chi connectivity index (χ1v) is 6.96. The largest absolute Gasteiger partial charge is 0.346 e. The second kappa shape index (κ2) is 4.53. The summed E-state index contributed by atoms with van der Waals surface area (Å²) in [6.07, 6.45) is 2.43. The van der Waals surface area contributed by atoms with Crippen LogP contribution in [0.1, 0.15) is 24.1 Å². The zero-order valence-corrected chi connectivity index (χ0v) is 10.7. The second-order valence-corrected chi connectivity index (χ2v) is 5.37. The fourth-order valence-electron chi connectivity index (χ4n) is 2.17. The Morgan fingerprint density at radius 1 is 1.33 bits per heavy atom. The van der Waals surface area contributed by atoms with Crippen LogP contribution < -0.4 is 5.32 Å². The minimum atomic E-state index is -0.117. The first-order valence-electron chi connectivity index (χ1n) is 6.02. The van der Waals surface area contributed by atoms with E-state index in [4.69, 9.17) is 0 Å². The number of nitrogens with one attached hydrogen (secondary N) is 1. The smallest absolute Gasteiger partial charge is 0.226 e. The highest BCUT2D eigenvalue weighted by Crippen LogP contribution is 2.45. The van der Waals surface area contributed by atoms with Gasteiger partial charge in [0.25, 0.3) is 0 Å². The molecule has 92 valence electrons. The summed E-state index contributed by atoms with van der Waals surface area (Å²) in [7, 11) is 0. The van der Waals surface area contributed by atoms with Crippen molar-refractivity contribution in [3.05, 3.63) is 52.5 Å². The summed E-state index contributed by atoms with van der Waals surface area (Å²) < 4.78 is 0. The molecule has 1 aliphatic carbocycles. The molecule has 4 heteroatoms. The number of carbonyl (C=O) groups excluding carboxylic acids is 1. The Labute approximate surface area is 110 Å². The van der Waals surface area contributed by atoms with Crippen LogP contribution in [-0.2, 0) is 16.8 Å². The van der Waals surface area contributed by atoms with Gasteiger partial charge in [-0.05, 0) is 18.4 Å². The predicted octanol–water partition coefficient (Wildman–Crippen LogP) is 2.49. The van der Waals surface area contributed by atoms with Crippen LogP contribution in [0.4, 0.5) is 0 Å². The summed E-state index contributed by atoms with van der Waals surface area (Å²) in [5.41, 5.74) is 3.69. The summed E-state index contributed by atoms with van der Waals surface area (Å²) in [6, 6.07) is 10.2. The van der Waals surface area contributed by atoms with Gasteiger partial charge < -0.3 is 5.32 Å². The lowest BCUT2D eigenvalue weighted by atomic mass is 10.0. The molecule has 2 aromatic rings. The van der Waals surface area contributed by atoms with Crippen LogP contribution in [0.2, 0.25) is 0 Å². The average Bonchev–Trinajstić information content (AvgIpc) is 2.98. The third-order valence-electron chi connectivity index (χ3n) is 3.28. The van der Waals surface area contributed by atoms with E-state index in [0.29, 0.717) is 6.42 Å². The monoisotopic (exact) mass is 258 g/mol. The third kappa shape index (κ3) is 2.29. The van der Waals surface area contributed by atoms with Gasteiger partial charge in [-0.25, -0.2) is 4.98 Å². The first-order chi connectivity index (χ1) is 8.78. The van der Waals surface area contributed by atoms with Crippen LogP contribution in [0.3, 0.4) is 0 Å². The van der Waals surface area contributed by atoms with Crippen molar-refractivity contribution in [3.8, 4) is 0 Å². The van der Waals surface area contributed by atoms with Crippen molar-refractivity contribution in [3.63, 3.8) is 0 Å². The lowest BCUT2D eigenvalue weighted by Crippen LogP contribution is -2.35. The van der Waals surface area contributed by atoms with E-state index < -0.39 is 0 Å². The van der Waals surface area contributed by atoms with E-state index in [0.717, 1.165) is 18.5 Å². The van der Waals surface area contributed by atoms with Crippen molar-refractivity contribution >= 4 is 17.2 Å². The van der Waals surface area contributed by atoms with Crippen molar-refractivity contribution in [1.29, 1.82) is 0 Å². The molecule has 3 rings (SSSR count). The Hall–Kier alpha value is -1.68. The molecule has 1 aromatic heterocycles. The zero-order valence-electron chi connectivity index (χ0n) is 9.93. The summed E-state index contributed by atoms with van der Waals surface area (Å²) in [5, 5.41) is 5.07. The second-order valence-electron chi connectivity index (χ2n) is 4.65. The van der Waals surface area contributed by atoms with Crippen molar-refractivity contribution in [2.45, 2.75) is 24.8 Å². The number of aromatic nitrogens is 1. The van der Waals surface area contributed by atoms with Gasteiger partial charge in [-0.3, -0.25) is 4.79 Å². The summed E-state index contributed by atoms with van der Waals surface area (Å²) in [5.74, 6) is 0.0576. The van der Waals surface area contributed by atoms with Gasteiger partial charge in [0.1, 0.15) is 0 Å². The van der Waals surface area contributed by atoms with Gasteiger partial charge in [0.2, 0.25) is 5.91 Å². The maximum absolute atomic E-state index is 12.0. The molecule has 1 aliphatic rings. The molecular weight excluding hydrogens is 244 g/mol. The number of carbonyl (C=O) groups is 1. The van der Waals surface area contributed by atoms with Crippen LogP contribution in [0.15, 0.2) is 41.2 Å². The molecule has 0 atom stereocenters. The van der Waals surface area contributed by atoms with E-state index in [-0.39, 0.29) is 11.4 Å². The quantitative estimate of drug-likeness (QED) is 0.915. The van der Waals surface area contributed by atoms with E-state index in [1.54, 1.807) is 5.51 Å². The predicted molar refractivity (Wildman–Crippen MR) is 71.3 cm³/mol. The van der Waals surface area contributed by atoms with Crippen LogP contribution in [-0.4, -0.2) is 10.9 Å². The number of nitrogens with zero attached hydrogens (tertiary/aromatic N) is 1. The molecule has 0 spiro atoms. The lowest BCUT2D eigenvalue weighted by Gasteiger charge is -2.17. The van der Waals surface area contributed by atoms with Crippen LogP contribution in [0, 0.1) is 0 Å². The van der Waals surface area contributed by atoms with Crippen molar-refractivity contribution < 1.29 is 4.79 Å². The van der Waals surface area contributed by atoms with E-state index >= 15 is 0 Å². The number of hydrogen-bond acceptors (Lipinski definition) is 3. The minimum absolute atomic E-state index is 0.0576. The maximum atomic E-state index is 12.0. The molecule has 1 fully saturated rings. The van der Waals surface area contributed by atoms with E-state index in [1.807, 2.05) is 23.6 Å². The van der Waals surface area contributed by atoms with E-state index in [1.165, 1.54) is 16.9 Å². The number of thiazole rings is 1. The fourth-order valence-corrected chi connectivity index (χ4v) is 2.73. The van der Waals surface area contributed by atoms with Gasteiger partial charge in [-0.1, -0.05) is 30.3 Å². The highest BCUT2D eigenvalue weighted by atomic mass is 32.1. The molecule has 0 saturated heterocycles. The molecule has 18 heavy (non-hydrogen) atoms. The average molecular weight is 258 g/mol. The molecule has 0 aliphatic heterocycles. The maximum Gasteiger partial charge on any atom is 0.226 e. The molecule has 0 radical (unpaired) electrons. The SMILES string of the molecule is O=C(Cc1cscn1)NC1(c2ccccc2)CC1. The van der Waals surface area contributed by atoms with Gasteiger partial charge in [-0.15, -0.1) is 11.3 Å². The highest BCUT2D eigenvalue weighted by Gasteiger charge is 2.45. The zero-order chi connectivity index (χ0) is 12.4. The topological polar surface area (TPSA) is 42.0 Å². The van der Waals surface area contributed by atoms with Crippen molar-refractivity contribution in [1.82, 2.24) is 10.3 Å². The molecule has 0 unspecified atom stereocenters. The van der Waals surface area contributed by atoms with Gasteiger partial charge in [0, 0.05) is 5.38 Å². The Balaban J connectivity index is 1.68. The fraction of sp³-hybridized carbons (Fsp3) is 0.286. The summed E-state index contributed by atoms with van der Waals surface area (Å²) >= 11 is 1.52. The van der Waals surface area contributed by atoms with Gasteiger partial charge in [0.15, 0.2) is 0 Å². The molecular formula is C14H14N2OS. The molecule has 1 saturated carbocycles. The first kappa shape index (κ1) is 11.4. The standard InChI is InChI=1S/C14H14N2OS/c17-13(8-12-9-18-10-15-12)16-14(6-7-14)11-4-2-1-3-5-11/h1-5,9-10H,6-8H2,(H,16,17). The van der Waals surface area contributed by atoms with E-state index in [2.05, 4.69) is 22.4 Å². The van der Waals surface area contributed by atoms with Crippen molar-refractivity contribution in [2.24, 2.45) is 0 Å². The van der Waals surface area contributed by atoms with Crippen LogP contribution >= 0.6 is 11.3 Å². The van der Waals surface area contributed by atoms with E-state index in [9.17, 15) is 4.79 Å². The molecule has 1 amide bonds. The number of benzene rings is 1. The number of hydrogen-bond donors (Lipinski definition) is 1. The normalized spacial score (nSPS) is 16.2. The van der Waals surface area contributed by atoms with Gasteiger partial charge in [-0.2, -0.15) is 0 Å². The summed E-state index contributed by atoms with van der Waals surface area (Å²) in [4.78, 5) is 16.1. The van der Waals surface area contributed by atoms with Crippen LogP contribution in [0.25, 0.3) is 0 Å². The number of amides is 1. The van der Waals surface area contributed by atoms with Crippen molar-refractivity contribution in [2.75, 3.05) is 0 Å². The molecule has 1 aromatic carbocycles. The Kier molecular flexibility index (Phi) is 2.88. The van der Waals surface area contributed by atoms with Gasteiger partial charge in [0.05, 0.1) is 23.2 Å². The van der Waals surface area contributed by atoms with Crippen LogP contribution in [0.5, 0.6) is 0 Å². The Bertz CT molecular complexity index is 532. The lowest BCUT2D eigenvalue weighted by molar-refractivity contribution is -0.121. The Morgan fingerprint density at radius 3 is 2.72 bits per heavy atom. The van der Waals surface area contributed by atoms with Gasteiger partial charge >= 0.3 is 0 Å². The highest BCUT2D eigenvalue weighted by molar-refractivity contribution is 7.07. The molecule has 1 heterocycles. The summed E-state index contributed by atoms with van der Waals surface area (Å²) in [6.45, 7) is 0. The minimum Gasteiger partial charge on any atom is -0.346 e. The molecule has 0 bridgehead atoms. The molecule has 1 N–H and O–H groups in total. The Morgan fingerprint density at radius 2 is 2.11 bits per heavy atom. The third-order valence-corrected chi connectivity index (χ3v) is 3.92. The molecule has 3 nitrogen and oxygen atoms in total.